The van der Waals surface area contributed by atoms with Gasteiger partial charge in [-0.05, 0) is 23.8 Å². The maximum Gasteiger partial charge on any atom is 0.226 e. The van der Waals surface area contributed by atoms with Gasteiger partial charge >= 0.3 is 0 Å². The Labute approximate surface area is 145 Å². The number of nitrogens with one attached hydrogen (secondary N) is 3. The van der Waals surface area contributed by atoms with E-state index in [9.17, 15) is 9.18 Å². The van der Waals surface area contributed by atoms with E-state index in [1.54, 1.807) is 12.1 Å². The predicted molar refractivity (Wildman–Crippen MR) is 91.2 cm³/mol. The lowest BCUT2D eigenvalue weighted by molar-refractivity contribution is -0.125. The Balaban J connectivity index is 1.50. The highest BCUT2D eigenvalue weighted by Gasteiger charge is 2.35. The van der Waals surface area contributed by atoms with E-state index in [-0.39, 0.29) is 29.7 Å². The molecule has 2 heterocycles. The molecule has 0 aliphatic carbocycles. The van der Waals surface area contributed by atoms with E-state index in [4.69, 9.17) is 4.74 Å². The lowest BCUT2D eigenvalue weighted by atomic mass is 9.93. The first-order chi connectivity index (χ1) is 12.2. The van der Waals surface area contributed by atoms with Gasteiger partial charge in [-0.2, -0.15) is 0 Å². The van der Waals surface area contributed by atoms with Crippen molar-refractivity contribution in [1.82, 2.24) is 16.2 Å². The van der Waals surface area contributed by atoms with Crippen LogP contribution in [-0.4, -0.2) is 19.1 Å². The van der Waals surface area contributed by atoms with Crippen LogP contribution in [0, 0.1) is 11.7 Å². The van der Waals surface area contributed by atoms with E-state index in [2.05, 4.69) is 16.2 Å². The maximum absolute atomic E-state index is 13.2. The second kappa shape index (κ2) is 6.82. The van der Waals surface area contributed by atoms with Crippen LogP contribution in [0.4, 0.5) is 4.39 Å². The van der Waals surface area contributed by atoms with Gasteiger partial charge < -0.3 is 10.1 Å². The molecule has 130 valence electrons. The Hall–Kier alpha value is -2.44. The Kier molecular flexibility index (Phi) is 4.38. The fraction of sp³-hybridized carbons (Fsp3) is 0.316. The lowest BCUT2D eigenvalue weighted by Crippen LogP contribution is -2.39. The molecule has 1 saturated heterocycles. The molecule has 2 aliphatic rings. The number of carbonyl (C=O) groups is 1. The van der Waals surface area contributed by atoms with E-state index in [1.165, 1.54) is 12.1 Å². The number of carbonyl (C=O) groups excluding carboxylic acids is 1. The molecule has 0 radical (unpaired) electrons. The quantitative estimate of drug-likeness (QED) is 0.801. The van der Waals surface area contributed by atoms with Gasteiger partial charge in [0.05, 0.1) is 24.6 Å². The molecule has 0 saturated carbocycles. The minimum atomic E-state index is -0.283. The monoisotopic (exact) mass is 341 g/mol. The SMILES string of the molecule is O=C(NC1CCOc2ccccc21)C1CNNC1c1ccc(F)cc1. The van der Waals surface area contributed by atoms with Gasteiger partial charge in [0.25, 0.3) is 0 Å². The van der Waals surface area contributed by atoms with Crippen molar-refractivity contribution in [3.63, 3.8) is 0 Å². The average molecular weight is 341 g/mol. The zero-order valence-electron chi connectivity index (χ0n) is 13.7. The fourth-order valence-electron chi connectivity index (χ4n) is 3.50. The molecular weight excluding hydrogens is 321 g/mol. The number of hydrogen-bond acceptors (Lipinski definition) is 4. The molecule has 3 atom stereocenters. The van der Waals surface area contributed by atoms with Gasteiger partial charge in [-0.1, -0.05) is 30.3 Å². The van der Waals surface area contributed by atoms with Gasteiger partial charge in [-0.25, -0.2) is 9.82 Å². The van der Waals surface area contributed by atoms with Crippen LogP contribution in [0.3, 0.4) is 0 Å². The lowest BCUT2D eigenvalue weighted by Gasteiger charge is -2.28. The van der Waals surface area contributed by atoms with E-state index in [1.807, 2.05) is 24.3 Å². The van der Waals surface area contributed by atoms with Crippen LogP contribution >= 0.6 is 0 Å². The van der Waals surface area contributed by atoms with Crippen molar-refractivity contribution in [2.45, 2.75) is 18.5 Å². The Morgan fingerprint density at radius 1 is 1.16 bits per heavy atom. The van der Waals surface area contributed by atoms with Crippen molar-refractivity contribution >= 4 is 5.91 Å². The van der Waals surface area contributed by atoms with Gasteiger partial charge in [0.1, 0.15) is 11.6 Å². The van der Waals surface area contributed by atoms with Gasteiger partial charge in [-0.3, -0.25) is 10.2 Å². The van der Waals surface area contributed by atoms with Crippen LogP contribution in [-0.2, 0) is 4.79 Å². The van der Waals surface area contributed by atoms with Crippen molar-refractivity contribution in [1.29, 1.82) is 0 Å². The van der Waals surface area contributed by atoms with Gasteiger partial charge in [0.15, 0.2) is 0 Å². The Bertz CT molecular complexity index is 766. The highest BCUT2D eigenvalue weighted by atomic mass is 19.1. The first-order valence-electron chi connectivity index (χ1n) is 8.48. The molecule has 0 bridgehead atoms. The molecule has 4 rings (SSSR count). The zero-order chi connectivity index (χ0) is 17.2. The molecule has 0 aromatic heterocycles. The molecule has 2 aromatic rings. The normalized spacial score (nSPS) is 25.1. The molecule has 1 fully saturated rings. The number of halogens is 1. The largest absolute Gasteiger partial charge is 0.493 e. The number of ether oxygens (including phenoxy) is 1. The molecule has 0 spiro atoms. The Morgan fingerprint density at radius 3 is 2.80 bits per heavy atom. The fourth-order valence-corrected chi connectivity index (χ4v) is 3.50. The molecule has 25 heavy (non-hydrogen) atoms. The van der Waals surface area contributed by atoms with Crippen LogP contribution < -0.4 is 20.9 Å². The summed E-state index contributed by atoms with van der Waals surface area (Å²) in [4.78, 5) is 12.9. The summed E-state index contributed by atoms with van der Waals surface area (Å²) in [6.07, 6.45) is 0.748. The smallest absolute Gasteiger partial charge is 0.226 e. The minimum Gasteiger partial charge on any atom is -0.493 e. The number of rotatable bonds is 3. The summed E-state index contributed by atoms with van der Waals surface area (Å²) in [5.41, 5.74) is 8.07. The van der Waals surface area contributed by atoms with E-state index >= 15 is 0 Å². The highest BCUT2D eigenvalue weighted by molar-refractivity contribution is 5.81. The Morgan fingerprint density at radius 2 is 1.96 bits per heavy atom. The van der Waals surface area contributed by atoms with Gasteiger partial charge in [-0.15, -0.1) is 0 Å². The second-order valence-electron chi connectivity index (χ2n) is 6.40. The number of benzene rings is 2. The number of fused-ring (bicyclic) bond motifs is 1. The summed E-state index contributed by atoms with van der Waals surface area (Å²) >= 11 is 0. The van der Waals surface area contributed by atoms with E-state index in [0.717, 1.165) is 23.3 Å². The van der Waals surface area contributed by atoms with Gasteiger partial charge in [0, 0.05) is 18.5 Å². The molecule has 5 nitrogen and oxygen atoms in total. The zero-order valence-corrected chi connectivity index (χ0v) is 13.7. The van der Waals surface area contributed by atoms with Crippen LogP contribution in [0.5, 0.6) is 5.75 Å². The van der Waals surface area contributed by atoms with Crippen LogP contribution in [0.1, 0.15) is 29.6 Å². The number of amides is 1. The summed E-state index contributed by atoms with van der Waals surface area (Å²) < 4.78 is 18.8. The molecule has 2 aromatic carbocycles. The summed E-state index contributed by atoms with van der Waals surface area (Å²) in [5, 5.41) is 3.16. The van der Waals surface area contributed by atoms with Crippen LogP contribution in [0.15, 0.2) is 48.5 Å². The van der Waals surface area contributed by atoms with Crippen LogP contribution in [0.25, 0.3) is 0 Å². The van der Waals surface area contributed by atoms with E-state index < -0.39 is 0 Å². The first-order valence-corrected chi connectivity index (χ1v) is 8.48. The minimum absolute atomic E-state index is 0.0199. The number of para-hydroxylation sites is 1. The molecule has 6 heteroatoms. The third-order valence-electron chi connectivity index (χ3n) is 4.82. The van der Waals surface area contributed by atoms with Crippen molar-refractivity contribution in [3.05, 3.63) is 65.5 Å². The molecule has 2 aliphatic heterocycles. The first kappa shape index (κ1) is 16.1. The van der Waals surface area contributed by atoms with Crippen molar-refractivity contribution in [2.75, 3.05) is 13.2 Å². The summed E-state index contributed by atoms with van der Waals surface area (Å²) in [7, 11) is 0. The van der Waals surface area contributed by atoms with Crippen molar-refractivity contribution in [2.24, 2.45) is 5.92 Å². The second-order valence-corrected chi connectivity index (χ2v) is 6.40. The van der Waals surface area contributed by atoms with E-state index in [0.29, 0.717) is 13.2 Å². The average Bonchev–Trinajstić information content (AvgIpc) is 3.12. The molecule has 3 unspecified atom stereocenters. The third kappa shape index (κ3) is 3.23. The van der Waals surface area contributed by atoms with Gasteiger partial charge in [0.2, 0.25) is 5.91 Å². The standard InChI is InChI=1S/C19H20FN3O2/c20-13-7-5-12(6-8-13)18-15(11-21-23-18)19(24)22-16-9-10-25-17-4-2-1-3-14(16)17/h1-8,15-16,18,21,23H,9-11H2,(H,22,24). The molecule has 1 amide bonds. The summed E-state index contributed by atoms with van der Waals surface area (Å²) in [6, 6.07) is 13.8. The third-order valence-corrected chi connectivity index (χ3v) is 4.82. The molecule has 3 N–H and O–H groups in total. The number of hydrogen-bond donors (Lipinski definition) is 3. The predicted octanol–water partition coefficient (Wildman–Crippen LogP) is 2.23. The van der Waals surface area contributed by atoms with Crippen LogP contribution in [0.2, 0.25) is 0 Å². The van der Waals surface area contributed by atoms with Crippen molar-refractivity contribution < 1.29 is 13.9 Å². The van der Waals surface area contributed by atoms with Crippen molar-refractivity contribution in [3.8, 4) is 5.75 Å². The maximum atomic E-state index is 13.2. The summed E-state index contributed by atoms with van der Waals surface area (Å²) in [6.45, 7) is 1.11. The highest BCUT2D eigenvalue weighted by Crippen LogP contribution is 2.33. The number of hydrazine groups is 1. The summed E-state index contributed by atoms with van der Waals surface area (Å²) in [5.74, 6) is 0.264. The topological polar surface area (TPSA) is 62.4 Å². The molecular formula is C19H20FN3O2.